The summed E-state index contributed by atoms with van der Waals surface area (Å²) in [7, 11) is 0. The van der Waals surface area contributed by atoms with Crippen molar-refractivity contribution in [2.24, 2.45) is 0 Å². The van der Waals surface area contributed by atoms with E-state index in [-0.39, 0.29) is 11.8 Å². The number of nitrogens with one attached hydrogen (secondary N) is 2. The molecule has 0 unspecified atom stereocenters. The van der Waals surface area contributed by atoms with Gasteiger partial charge < -0.3 is 10.6 Å². The number of amides is 2. The van der Waals surface area contributed by atoms with E-state index >= 15 is 0 Å². The first-order chi connectivity index (χ1) is 7.04. The van der Waals surface area contributed by atoms with E-state index in [2.05, 4.69) is 10.6 Å². The van der Waals surface area contributed by atoms with Crippen LogP contribution < -0.4 is 10.6 Å². The van der Waals surface area contributed by atoms with Crippen LogP contribution in [0.3, 0.4) is 0 Å². The highest BCUT2D eigenvalue weighted by atomic mass is 32.1. The standard InChI is InChI=1S/C9H10N2O3S/c1-5(13)10-7-4-15-8(3-12)9(7)11-6(2)14/h3-4H,1-2H3,(H,10,13)(H,11,14). The Morgan fingerprint density at radius 2 is 1.87 bits per heavy atom. The van der Waals surface area contributed by atoms with Gasteiger partial charge in [-0.05, 0) is 0 Å². The molecule has 0 aliphatic heterocycles. The quantitative estimate of drug-likeness (QED) is 0.766. The molecular weight excluding hydrogens is 216 g/mol. The molecule has 2 N–H and O–H groups in total. The Hall–Kier alpha value is -1.69. The van der Waals surface area contributed by atoms with Crippen molar-refractivity contribution in [1.82, 2.24) is 0 Å². The fourth-order valence-electron chi connectivity index (χ4n) is 1.05. The van der Waals surface area contributed by atoms with Crippen molar-refractivity contribution in [3.8, 4) is 0 Å². The third-order valence-corrected chi connectivity index (χ3v) is 2.45. The third kappa shape index (κ3) is 2.88. The Morgan fingerprint density at radius 3 is 2.33 bits per heavy atom. The van der Waals surface area contributed by atoms with E-state index in [1.807, 2.05) is 0 Å². The predicted molar refractivity (Wildman–Crippen MR) is 58.3 cm³/mol. The Balaban J connectivity index is 3.04. The largest absolute Gasteiger partial charge is 0.324 e. The molecular formula is C9H10N2O3S. The van der Waals surface area contributed by atoms with Crippen molar-refractivity contribution in [1.29, 1.82) is 0 Å². The first kappa shape index (κ1) is 11.4. The molecule has 80 valence electrons. The lowest BCUT2D eigenvalue weighted by molar-refractivity contribution is -0.115. The average Bonchev–Trinajstić information content (AvgIpc) is 2.47. The summed E-state index contributed by atoms with van der Waals surface area (Å²) in [4.78, 5) is 32.8. The minimum Gasteiger partial charge on any atom is -0.324 e. The molecule has 15 heavy (non-hydrogen) atoms. The van der Waals surface area contributed by atoms with E-state index in [1.54, 1.807) is 5.38 Å². The van der Waals surface area contributed by atoms with Crippen LogP contribution in [0.4, 0.5) is 11.4 Å². The van der Waals surface area contributed by atoms with Crippen LogP contribution >= 0.6 is 11.3 Å². The molecule has 0 saturated carbocycles. The van der Waals surface area contributed by atoms with Gasteiger partial charge in [0, 0.05) is 19.2 Å². The summed E-state index contributed by atoms with van der Waals surface area (Å²) in [6, 6.07) is 0. The average molecular weight is 226 g/mol. The van der Waals surface area contributed by atoms with Crippen molar-refractivity contribution in [2.45, 2.75) is 13.8 Å². The number of hydrogen-bond acceptors (Lipinski definition) is 4. The molecule has 0 aliphatic carbocycles. The molecule has 0 spiro atoms. The predicted octanol–water partition coefficient (Wildman–Crippen LogP) is 1.48. The minimum atomic E-state index is -0.289. The molecule has 0 fully saturated rings. The molecule has 0 radical (unpaired) electrons. The highest BCUT2D eigenvalue weighted by Crippen LogP contribution is 2.31. The van der Waals surface area contributed by atoms with E-state index in [1.165, 1.54) is 13.8 Å². The summed E-state index contributed by atoms with van der Waals surface area (Å²) in [5.74, 6) is -0.542. The molecule has 1 aromatic rings. The Kier molecular flexibility index (Phi) is 3.56. The van der Waals surface area contributed by atoms with Gasteiger partial charge in [-0.2, -0.15) is 0 Å². The van der Waals surface area contributed by atoms with E-state index in [4.69, 9.17) is 0 Å². The lowest BCUT2D eigenvalue weighted by Gasteiger charge is -2.05. The normalized spacial score (nSPS) is 9.47. The van der Waals surface area contributed by atoms with E-state index in [0.29, 0.717) is 22.5 Å². The molecule has 6 heteroatoms. The molecule has 0 atom stereocenters. The van der Waals surface area contributed by atoms with E-state index in [9.17, 15) is 14.4 Å². The highest BCUT2D eigenvalue weighted by molar-refractivity contribution is 7.13. The van der Waals surface area contributed by atoms with Gasteiger partial charge in [-0.1, -0.05) is 0 Å². The van der Waals surface area contributed by atoms with Crippen molar-refractivity contribution in [3.63, 3.8) is 0 Å². The van der Waals surface area contributed by atoms with Crippen LogP contribution in [0, 0.1) is 0 Å². The molecule has 0 aliphatic rings. The fraction of sp³-hybridized carbons (Fsp3) is 0.222. The summed E-state index contributed by atoms with van der Waals surface area (Å²) in [6.45, 7) is 2.69. The minimum absolute atomic E-state index is 0.253. The molecule has 0 saturated heterocycles. The second-order valence-corrected chi connectivity index (χ2v) is 3.78. The van der Waals surface area contributed by atoms with Gasteiger partial charge in [-0.3, -0.25) is 14.4 Å². The summed E-state index contributed by atoms with van der Waals surface area (Å²) < 4.78 is 0. The van der Waals surface area contributed by atoms with Gasteiger partial charge in [0.25, 0.3) is 0 Å². The van der Waals surface area contributed by atoms with Crippen molar-refractivity contribution < 1.29 is 14.4 Å². The van der Waals surface area contributed by atoms with Crippen LogP contribution in [-0.2, 0) is 9.59 Å². The molecule has 0 bridgehead atoms. The third-order valence-electron chi connectivity index (χ3n) is 1.54. The summed E-state index contributed by atoms with van der Waals surface area (Å²) in [6.07, 6.45) is 0.640. The number of carbonyl (C=O) groups excluding carboxylic acids is 3. The maximum atomic E-state index is 10.9. The Labute approximate surface area is 90.5 Å². The van der Waals surface area contributed by atoms with E-state index < -0.39 is 0 Å². The number of anilines is 2. The maximum absolute atomic E-state index is 10.9. The van der Waals surface area contributed by atoms with Gasteiger partial charge in [0.15, 0.2) is 6.29 Å². The number of thiophene rings is 1. The molecule has 5 nitrogen and oxygen atoms in total. The van der Waals surface area contributed by atoms with Gasteiger partial charge in [0.1, 0.15) is 0 Å². The number of hydrogen-bond donors (Lipinski definition) is 2. The zero-order valence-corrected chi connectivity index (χ0v) is 9.10. The van der Waals surface area contributed by atoms with Crippen molar-refractivity contribution in [3.05, 3.63) is 10.3 Å². The second kappa shape index (κ2) is 4.70. The molecule has 1 rings (SSSR count). The van der Waals surface area contributed by atoms with Crippen LogP contribution in [0.5, 0.6) is 0 Å². The van der Waals surface area contributed by atoms with Gasteiger partial charge in [0.2, 0.25) is 11.8 Å². The summed E-state index contributed by atoms with van der Waals surface area (Å²) in [5, 5.41) is 6.64. The molecule has 1 aromatic heterocycles. The van der Waals surface area contributed by atoms with Crippen molar-refractivity contribution >= 4 is 40.8 Å². The van der Waals surface area contributed by atoms with Gasteiger partial charge in [0.05, 0.1) is 16.3 Å². The lowest BCUT2D eigenvalue weighted by Crippen LogP contribution is -2.11. The number of carbonyl (C=O) groups is 3. The van der Waals surface area contributed by atoms with Crippen LogP contribution in [0.1, 0.15) is 23.5 Å². The Morgan fingerprint density at radius 1 is 1.27 bits per heavy atom. The summed E-state index contributed by atoms with van der Waals surface area (Å²) in [5.41, 5.74) is 0.808. The number of rotatable bonds is 3. The Bertz CT molecular complexity index is 411. The summed E-state index contributed by atoms with van der Waals surface area (Å²) >= 11 is 1.16. The molecule has 1 heterocycles. The smallest absolute Gasteiger partial charge is 0.221 e. The monoisotopic (exact) mass is 226 g/mol. The molecule has 0 aromatic carbocycles. The second-order valence-electron chi connectivity index (χ2n) is 2.87. The lowest BCUT2D eigenvalue weighted by atomic mass is 10.3. The first-order valence-corrected chi connectivity index (χ1v) is 5.04. The van der Waals surface area contributed by atoms with Gasteiger partial charge in [-0.25, -0.2) is 0 Å². The van der Waals surface area contributed by atoms with Crippen molar-refractivity contribution in [2.75, 3.05) is 10.6 Å². The van der Waals surface area contributed by atoms with Crippen LogP contribution in [0.2, 0.25) is 0 Å². The highest BCUT2D eigenvalue weighted by Gasteiger charge is 2.12. The zero-order chi connectivity index (χ0) is 11.4. The topological polar surface area (TPSA) is 75.3 Å². The first-order valence-electron chi connectivity index (χ1n) is 4.16. The van der Waals surface area contributed by atoms with Gasteiger partial charge in [-0.15, -0.1) is 11.3 Å². The molecule has 2 amide bonds. The fourth-order valence-corrected chi connectivity index (χ4v) is 1.80. The van der Waals surface area contributed by atoms with E-state index in [0.717, 1.165) is 11.3 Å². The SMILES string of the molecule is CC(=O)Nc1csc(C=O)c1NC(C)=O. The van der Waals surface area contributed by atoms with Crippen LogP contribution in [-0.4, -0.2) is 18.1 Å². The maximum Gasteiger partial charge on any atom is 0.221 e. The zero-order valence-electron chi connectivity index (χ0n) is 8.29. The van der Waals surface area contributed by atoms with Gasteiger partial charge >= 0.3 is 0 Å². The van der Waals surface area contributed by atoms with Crippen LogP contribution in [0.25, 0.3) is 0 Å². The van der Waals surface area contributed by atoms with Crippen LogP contribution in [0.15, 0.2) is 5.38 Å². The number of aldehydes is 1.